The fraction of sp³-hybridized carbons (Fsp3) is 0.667. The molecule has 4 heteroatoms. The molecule has 0 aliphatic heterocycles. The second-order valence-corrected chi connectivity index (χ2v) is 6.20. The largest absolute Gasteiger partial charge is 0.393 e. The average Bonchev–Trinajstić information content (AvgIpc) is 2.36. The van der Waals surface area contributed by atoms with Crippen molar-refractivity contribution < 1.29 is 20.1 Å². The van der Waals surface area contributed by atoms with Crippen molar-refractivity contribution in [2.24, 2.45) is 11.3 Å². The minimum atomic E-state index is -1.54. The van der Waals surface area contributed by atoms with Gasteiger partial charge in [0.25, 0.3) is 0 Å². The normalized spacial score (nSPS) is 38.1. The fourth-order valence-corrected chi connectivity index (χ4v) is 3.08. The van der Waals surface area contributed by atoms with E-state index in [0.717, 1.165) is 5.57 Å². The van der Waals surface area contributed by atoms with Crippen molar-refractivity contribution in [3.8, 4) is 0 Å². The molecule has 2 aliphatic rings. The van der Waals surface area contributed by atoms with Gasteiger partial charge in [-0.05, 0) is 31.8 Å². The molecule has 0 spiro atoms. The van der Waals surface area contributed by atoms with Crippen LogP contribution in [0.2, 0.25) is 0 Å². The van der Waals surface area contributed by atoms with Gasteiger partial charge in [0.15, 0.2) is 5.78 Å². The number of hydrogen-bond acceptors (Lipinski definition) is 4. The van der Waals surface area contributed by atoms with Gasteiger partial charge in [-0.3, -0.25) is 4.79 Å². The van der Waals surface area contributed by atoms with Gasteiger partial charge in [-0.25, -0.2) is 0 Å². The fourth-order valence-electron chi connectivity index (χ4n) is 3.08. The SMILES string of the molecule is C[C@H]1[C@H](O)CCC2=CC(=O)C(C(C)(O)CO)=C[C@@]21C. The molecule has 4 nitrogen and oxygen atoms in total. The van der Waals surface area contributed by atoms with Crippen LogP contribution in [0.5, 0.6) is 0 Å². The van der Waals surface area contributed by atoms with Crippen molar-refractivity contribution in [1.29, 1.82) is 0 Å². The molecule has 1 fully saturated rings. The van der Waals surface area contributed by atoms with Crippen LogP contribution in [0.25, 0.3) is 0 Å². The Hall–Kier alpha value is -0.970. The van der Waals surface area contributed by atoms with Gasteiger partial charge < -0.3 is 15.3 Å². The van der Waals surface area contributed by atoms with E-state index in [-0.39, 0.29) is 17.3 Å². The first-order valence-electron chi connectivity index (χ1n) is 6.72. The van der Waals surface area contributed by atoms with Crippen LogP contribution in [-0.4, -0.2) is 39.4 Å². The monoisotopic (exact) mass is 266 g/mol. The van der Waals surface area contributed by atoms with Crippen molar-refractivity contribution in [2.45, 2.75) is 45.3 Å². The molecule has 3 N–H and O–H groups in total. The molecule has 1 unspecified atom stereocenters. The standard InChI is InChI=1S/C15H22O4/c1-9-12(17)5-4-10-6-13(18)11(7-14(9,10)2)15(3,19)8-16/h6-7,9,12,16-17,19H,4-5,8H2,1-3H3/t9-,12+,14+,15?/m0/s1. The maximum absolute atomic E-state index is 12.1. The zero-order chi connectivity index (χ0) is 14.4. The van der Waals surface area contributed by atoms with E-state index >= 15 is 0 Å². The van der Waals surface area contributed by atoms with Crippen molar-refractivity contribution in [1.82, 2.24) is 0 Å². The first-order chi connectivity index (χ1) is 8.72. The van der Waals surface area contributed by atoms with Crippen molar-refractivity contribution in [3.05, 3.63) is 23.3 Å². The summed E-state index contributed by atoms with van der Waals surface area (Å²) in [4.78, 5) is 12.1. The van der Waals surface area contributed by atoms with Crippen molar-refractivity contribution in [2.75, 3.05) is 6.61 Å². The summed E-state index contributed by atoms with van der Waals surface area (Å²) >= 11 is 0. The molecular formula is C15H22O4. The maximum Gasteiger partial charge on any atom is 0.184 e. The molecule has 0 amide bonds. The van der Waals surface area contributed by atoms with Crippen molar-refractivity contribution in [3.63, 3.8) is 0 Å². The highest BCUT2D eigenvalue weighted by Crippen LogP contribution is 2.49. The zero-order valence-corrected chi connectivity index (χ0v) is 11.7. The van der Waals surface area contributed by atoms with Crippen LogP contribution in [0.15, 0.2) is 23.3 Å². The summed E-state index contributed by atoms with van der Waals surface area (Å²) < 4.78 is 0. The molecule has 0 aromatic carbocycles. The highest BCUT2D eigenvalue weighted by Gasteiger charge is 2.45. The summed E-state index contributed by atoms with van der Waals surface area (Å²) in [6, 6.07) is 0. The van der Waals surface area contributed by atoms with Gasteiger partial charge in [0.2, 0.25) is 0 Å². The van der Waals surface area contributed by atoms with E-state index < -0.39 is 23.7 Å². The first kappa shape index (κ1) is 14.4. The third-order valence-electron chi connectivity index (χ3n) is 4.83. The molecule has 4 atom stereocenters. The van der Waals surface area contributed by atoms with Gasteiger partial charge in [0.1, 0.15) is 5.60 Å². The van der Waals surface area contributed by atoms with E-state index in [2.05, 4.69) is 0 Å². The minimum absolute atomic E-state index is 0.0231. The number of allylic oxidation sites excluding steroid dienone is 3. The maximum atomic E-state index is 12.1. The lowest BCUT2D eigenvalue weighted by atomic mass is 9.60. The number of ketones is 1. The number of fused-ring (bicyclic) bond motifs is 1. The minimum Gasteiger partial charge on any atom is -0.393 e. The number of aliphatic hydroxyl groups excluding tert-OH is 2. The Balaban J connectivity index is 2.49. The molecule has 0 aromatic heterocycles. The highest BCUT2D eigenvalue weighted by molar-refractivity contribution is 6.07. The van der Waals surface area contributed by atoms with E-state index in [1.807, 2.05) is 13.8 Å². The quantitative estimate of drug-likeness (QED) is 0.696. The summed E-state index contributed by atoms with van der Waals surface area (Å²) in [6.45, 7) is 4.87. The van der Waals surface area contributed by atoms with Crippen LogP contribution in [0, 0.1) is 11.3 Å². The number of hydrogen-bond donors (Lipinski definition) is 3. The second kappa shape index (κ2) is 4.54. The Morgan fingerprint density at radius 3 is 2.74 bits per heavy atom. The first-order valence-corrected chi connectivity index (χ1v) is 6.72. The number of aliphatic hydroxyl groups is 3. The smallest absolute Gasteiger partial charge is 0.184 e. The summed E-state index contributed by atoms with van der Waals surface area (Å²) in [6.07, 6.45) is 4.26. The molecule has 0 heterocycles. The molecule has 106 valence electrons. The lowest BCUT2D eigenvalue weighted by Gasteiger charge is -2.45. The Morgan fingerprint density at radius 2 is 2.16 bits per heavy atom. The van der Waals surface area contributed by atoms with Crippen LogP contribution in [0.4, 0.5) is 0 Å². The third kappa shape index (κ3) is 2.18. The highest BCUT2D eigenvalue weighted by atomic mass is 16.3. The molecular weight excluding hydrogens is 244 g/mol. The molecule has 1 saturated carbocycles. The van der Waals surface area contributed by atoms with Gasteiger partial charge >= 0.3 is 0 Å². The van der Waals surface area contributed by atoms with E-state index in [9.17, 15) is 20.1 Å². The van der Waals surface area contributed by atoms with E-state index in [4.69, 9.17) is 0 Å². The second-order valence-electron chi connectivity index (χ2n) is 6.20. The van der Waals surface area contributed by atoms with Gasteiger partial charge in [0.05, 0.1) is 12.7 Å². The van der Waals surface area contributed by atoms with Crippen LogP contribution in [-0.2, 0) is 4.79 Å². The number of rotatable bonds is 2. The van der Waals surface area contributed by atoms with Gasteiger partial charge in [-0.1, -0.05) is 25.5 Å². The predicted molar refractivity (Wildman–Crippen MR) is 71.4 cm³/mol. The molecule has 0 saturated heterocycles. The van der Waals surface area contributed by atoms with E-state index in [1.165, 1.54) is 6.92 Å². The van der Waals surface area contributed by atoms with Gasteiger partial charge in [0, 0.05) is 11.0 Å². The molecule has 2 aliphatic carbocycles. The summed E-state index contributed by atoms with van der Waals surface area (Å²) in [5, 5.41) is 29.4. The van der Waals surface area contributed by atoms with Crippen LogP contribution in [0.1, 0.15) is 33.6 Å². The molecule has 0 radical (unpaired) electrons. The Bertz CT molecular complexity index is 461. The number of carbonyl (C=O) groups excluding carboxylic acids is 1. The zero-order valence-electron chi connectivity index (χ0n) is 11.7. The van der Waals surface area contributed by atoms with Crippen molar-refractivity contribution >= 4 is 5.78 Å². The molecule has 19 heavy (non-hydrogen) atoms. The van der Waals surface area contributed by atoms with Gasteiger partial charge in [-0.2, -0.15) is 0 Å². The lowest BCUT2D eigenvalue weighted by Crippen LogP contribution is -2.44. The topological polar surface area (TPSA) is 77.8 Å². The molecule has 0 bridgehead atoms. The number of carbonyl (C=O) groups is 1. The lowest BCUT2D eigenvalue weighted by molar-refractivity contribution is -0.114. The van der Waals surface area contributed by atoms with Crippen LogP contribution < -0.4 is 0 Å². The Kier molecular flexibility index (Phi) is 3.45. The molecule has 0 aromatic rings. The van der Waals surface area contributed by atoms with Crippen LogP contribution in [0.3, 0.4) is 0 Å². The Labute approximate surface area is 113 Å². The summed E-state index contributed by atoms with van der Waals surface area (Å²) in [5.41, 5.74) is -0.736. The van der Waals surface area contributed by atoms with Crippen LogP contribution >= 0.6 is 0 Å². The summed E-state index contributed by atoms with van der Waals surface area (Å²) in [7, 11) is 0. The Morgan fingerprint density at radius 1 is 1.53 bits per heavy atom. The van der Waals surface area contributed by atoms with Gasteiger partial charge in [-0.15, -0.1) is 0 Å². The van der Waals surface area contributed by atoms with E-state index in [1.54, 1.807) is 12.2 Å². The third-order valence-corrected chi connectivity index (χ3v) is 4.83. The predicted octanol–water partition coefficient (Wildman–Crippen LogP) is 0.962. The summed E-state index contributed by atoms with van der Waals surface area (Å²) in [5.74, 6) is -0.264. The average molecular weight is 266 g/mol. The van der Waals surface area contributed by atoms with E-state index in [0.29, 0.717) is 12.8 Å². The molecule has 2 rings (SSSR count).